The first-order valence-electron chi connectivity index (χ1n) is 6.50. The average Bonchev–Trinajstić information content (AvgIpc) is 2.65. The molecule has 3 atom stereocenters. The van der Waals surface area contributed by atoms with Gasteiger partial charge >= 0.3 is 6.09 Å². The van der Waals surface area contributed by atoms with Gasteiger partial charge in [0, 0.05) is 0 Å². The minimum absolute atomic E-state index is 0.0583. The second-order valence-electron chi connectivity index (χ2n) is 5.02. The van der Waals surface area contributed by atoms with Gasteiger partial charge in [0.15, 0.2) is 0 Å². The number of nitrogens with zero attached hydrogens (tertiary/aromatic N) is 1. The van der Waals surface area contributed by atoms with E-state index in [1.54, 1.807) is 0 Å². The Morgan fingerprint density at radius 2 is 2.16 bits per heavy atom. The largest absolute Gasteiger partial charge is 0.465 e. The quantitative estimate of drug-likeness (QED) is 0.902. The molecular weight excluding hydrogens is 246 g/mol. The molecule has 1 amide bonds. The van der Waals surface area contributed by atoms with E-state index >= 15 is 0 Å². The maximum atomic E-state index is 11.2. The summed E-state index contributed by atoms with van der Waals surface area (Å²) in [6.07, 6.45) is -0.211. The number of hydrogen-bond acceptors (Lipinski definition) is 3. The number of hydrogen-bond donors (Lipinski definition) is 1. The third kappa shape index (κ3) is 2.43. The average molecular weight is 263 g/mol. The SMILES string of the molecule is O=C(O)N1C2COCC1C(OCc1ccccc1)C2. The smallest absolute Gasteiger partial charge is 0.408 e. The molecule has 19 heavy (non-hydrogen) atoms. The number of morpholine rings is 1. The topological polar surface area (TPSA) is 59.0 Å². The van der Waals surface area contributed by atoms with Crippen molar-refractivity contribution < 1.29 is 19.4 Å². The third-order valence-electron chi connectivity index (χ3n) is 3.81. The van der Waals surface area contributed by atoms with Crippen LogP contribution in [-0.4, -0.2) is 47.5 Å². The van der Waals surface area contributed by atoms with E-state index in [4.69, 9.17) is 9.47 Å². The molecule has 102 valence electrons. The number of fused-ring (bicyclic) bond motifs is 2. The van der Waals surface area contributed by atoms with Gasteiger partial charge in [-0.2, -0.15) is 0 Å². The number of benzene rings is 1. The van der Waals surface area contributed by atoms with Crippen LogP contribution in [0.4, 0.5) is 4.79 Å². The van der Waals surface area contributed by atoms with E-state index in [0.29, 0.717) is 19.8 Å². The summed E-state index contributed by atoms with van der Waals surface area (Å²) in [7, 11) is 0. The Labute approximate surface area is 111 Å². The number of ether oxygens (including phenoxy) is 2. The molecule has 3 unspecified atom stereocenters. The van der Waals surface area contributed by atoms with Gasteiger partial charge in [-0.05, 0) is 12.0 Å². The van der Waals surface area contributed by atoms with Crippen molar-refractivity contribution in [3.63, 3.8) is 0 Å². The maximum Gasteiger partial charge on any atom is 0.408 e. The van der Waals surface area contributed by atoms with Crippen LogP contribution in [-0.2, 0) is 16.1 Å². The van der Waals surface area contributed by atoms with Crippen LogP contribution >= 0.6 is 0 Å². The molecule has 0 aromatic heterocycles. The highest BCUT2D eigenvalue weighted by Gasteiger charge is 2.47. The lowest BCUT2D eigenvalue weighted by atomic mass is 10.1. The maximum absolute atomic E-state index is 11.2. The molecule has 3 rings (SSSR count). The monoisotopic (exact) mass is 263 g/mol. The molecule has 1 N–H and O–H groups in total. The molecule has 0 aliphatic carbocycles. The van der Waals surface area contributed by atoms with E-state index in [1.165, 1.54) is 4.90 Å². The van der Waals surface area contributed by atoms with Crippen LogP contribution < -0.4 is 0 Å². The number of carboxylic acid groups (broad SMARTS) is 1. The second kappa shape index (κ2) is 5.19. The van der Waals surface area contributed by atoms with Crippen LogP contribution in [0.3, 0.4) is 0 Å². The van der Waals surface area contributed by atoms with Crippen molar-refractivity contribution in [2.75, 3.05) is 13.2 Å². The summed E-state index contributed by atoms with van der Waals surface area (Å²) in [5.41, 5.74) is 1.10. The van der Waals surface area contributed by atoms with Crippen LogP contribution in [0, 0.1) is 0 Å². The molecule has 1 aromatic rings. The van der Waals surface area contributed by atoms with Gasteiger partial charge in [0.1, 0.15) is 0 Å². The second-order valence-corrected chi connectivity index (χ2v) is 5.02. The van der Waals surface area contributed by atoms with Crippen LogP contribution in [0.25, 0.3) is 0 Å². The van der Waals surface area contributed by atoms with Crippen molar-refractivity contribution in [2.24, 2.45) is 0 Å². The van der Waals surface area contributed by atoms with Crippen molar-refractivity contribution >= 4 is 6.09 Å². The molecule has 0 saturated carbocycles. The van der Waals surface area contributed by atoms with Crippen LogP contribution in [0.2, 0.25) is 0 Å². The molecule has 5 nitrogen and oxygen atoms in total. The minimum atomic E-state index is -0.871. The van der Waals surface area contributed by atoms with Crippen molar-refractivity contribution in [2.45, 2.75) is 31.2 Å². The van der Waals surface area contributed by atoms with Crippen molar-refractivity contribution in [3.05, 3.63) is 35.9 Å². The molecule has 5 heteroatoms. The first kappa shape index (κ1) is 12.4. The van der Waals surface area contributed by atoms with Crippen molar-refractivity contribution in [3.8, 4) is 0 Å². The van der Waals surface area contributed by atoms with Gasteiger partial charge in [-0.25, -0.2) is 4.79 Å². The first-order valence-corrected chi connectivity index (χ1v) is 6.50. The normalized spacial score (nSPS) is 29.5. The lowest BCUT2D eigenvalue weighted by molar-refractivity contribution is -0.0403. The summed E-state index contributed by atoms with van der Waals surface area (Å²) in [5, 5.41) is 9.24. The van der Waals surface area contributed by atoms with E-state index < -0.39 is 6.09 Å². The minimum Gasteiger partial charge on any atom is -0.465 e. The highest BCUT2D eigenvalue weighted by Crippen LogP contribution is 2.31. The summed E-state index contributed by atoms with van der Waals surface area (Å²) >= 11 is 0. The summed E-state index contributed by atoms with van der Waals surface area (Å²) in [5.74, 6) is 0. The van der Waals surface area contributed by atoms with Crippen LogP contribution in [0.1, 0.15) is 12.0 Å². The van der Waals surface area contributed by atoms with Crippen molar-refractivity contribution in [1.82, 2.24) is 4.90 Å². The van der Waals surface area contributed by atoms with Gasteiger partial charge in [0.2, 0.25) is 0 Å². The zero-order valence-electron chi connectivity index (χ0n) is 10.6. The highest BCUT2D eigenvalue weighted by molar-refractivity contribution is 5.66. The zero-order chi connectivity index (χ0) is 13.2. The molecule has 2 saturated heterocycles. The Hall–Kier alpha value is -1.59. The predicted molar refractivity (Wildman–Crippen MR) is 67.9 cm³/mol. The molecule has 0 radical (unpaired) electrons. The Morgan fingerprint density at radius 3 is 2.84 bits per heavy atom. The number of amides is 1. The summed E-state index contributed by atoms with van der Waals surface area (Å²) in [4.78, 5) is 12.7. The van der Waals surface area contributed by atoms with E-state index in [1.807, 2.05) is 30.3 Å². The lowest BCUT2D eigenvalue weighted by Crippen LogP contribution is -2.50. The van der Waals surface area contributed by atoms with E-state index in [-0.39, 0.29) is 18.2 Å². The van der Waals surface area contributed by atoms with Gasteiger partial charge in [-0.1, -0.05) is 30.3 Å². The van der Waals surface area contributed by atoms with E-state index in [0.717, 1.165) is 12.0 Å². The zero-order valence-corrected chi connectivity index (χ0v) is 10.6. The fourth-order valence-corrected chi connectivity index (χ4v) is 2.90. The van der Waals surface area contributed by atoms with Gasteiger partial charge in [-0.15, -0.1) is 0 Å². The third-order valence-corrected chi connectivity index (χ3v) is 3.81. The fourth-order valence-electron chi connectivity index (χ4n) is 2.90. The predicted octanol–water partition coefficient (Wildman–Crippen LogP) is 1.72. The molecule has 2 aliphatic heterocycles. The molecule has 0 spiro atoms. The molecule has 1 aromatic carbocycles. The van der Waals surface area contributed by atoms with Crippen LogP contribution in [0.5, 0.6) is 0 Å². The molecule has 2 heterocycles. The number of carbonyl (C=O) groups is 1. The summed E-state index contributed by atoms with van der Waals surface area (Å²) in [6, 6.07) is 9.69. The van der Waals surface area contributed by atoms with E-state index in [2.05, 4.69) is 0 Å². The summed E-state index contributed by atoms with van der Waals surface area (Å²) in [6.45, 7) is 1.43. The first-order chi connectivity index (χ1) is 9.25. The Bertz CT molecular complexity index is 450. The summed E-state index contributed by atoms with van der Waals surface area (Å²) < 4.78 is 11.3. The van der Waals surface area contributed by atoms with Gasteiger partial charge in [0.05, 0.1) is 38.0 Å². The molecule has 2 bridgehead atoms. The lowest BCUT2D eigenvalue weighted by Gasteiger charge is -2.32. The molecular formula is C14H17NO4. The Balaban J connectivity index is 1.64. The van der Waals surface area contributed by atoms with Gasteiger partial charge in [0.25, 0.3) is 0 Å². The standard InChI is InChI=1S/C14H17NO4/c16-14(17)15-11-6-13(12(15)9-18-8-11)19-7-10-4-2-1-3-5-10/h1-5,11-13H,6-9H2,(H,16,17). The highest BCUT2D eigenvalue weighted by atomic mass is 16.5. The van der Waals surface area contributed by atoms with Crippen molar-refractivity contribution in [1.29, 1.82) is 0 Å². The molecule has 2 aliphatic rings. The Morgan fingerprint density at radius 1 is 1.37 bits per heavy atom. The van der Waals surface area contributed by atoms with E-state index in [9.17, 15) is 9.90 Å². The number of rotatable bonds is 3. The Kier molecular flexibility index (Phi) is 3.40. The fraction of sp³-hybridized carbons (Fsp3) is 0.500. The van der Waals surface area contributed by atoms with Gasteiger partial charge < -0.3 is 14.6 Å². The van der Waals surface area contributed by atoms with Gasteiger partial charge in [-0.3, -0.25) is 4.90 Å². The van der Waals surface area contributed by atoms with Crippen LogP contribution in [0.15, 0.2) is 30.3 Å². The molecule has 2 fully saturated rings.